The van der Waals surface area contributed by atoms with Crippen LogP contribution >= 0.6 is 0 Å². The van der Waals surface area contributed by atoms with Crippen LogP contribution in [0.1, 0.15) is 47.1 Å². The highest BCUT2D eigenvalue weighted by molar-refractivity contribution is 5.97. The number of aliphatic hydroxyl groups is 3. The van der Waals surface area contributed by atoms with Gasteiger partial charge >= 0.3 is 5.69 Å². The summed E-state index contributed by atoms with van der Waals surface area (Å²) in [4.78, 5) is 23.9. The standard InChI is InChI=1S/C25H36N2O9/c1-13(23(31)26-17-18(28)20(30)22-21(19(17)29)35-12-36-22)9-14-7-8-16(15(10-14)27(32)33)34-11-25(5,6)24(2,3)4/h7-10,17-22,28-30H,11-12H2,1-6H3,(H,26,31)/b13-9+/t17?,18-,19+,20+,21-,22+/m0/s1. The number of hydrogen-bond donors (Lipinski definition) is 4. The number of nitro benzene ring substituents is 1. The lowest BCUT2D eigenvalue weighted by Crippen LogP contribution is -2.67. The molecule has 0 aromatic heterocycles. The van der Waals surface area contributed by atoms with Gasteiger partial charge < -0.3 is 34.8 Å². The Labute approximate surface area is 210 Å². The van der Waals surface area contributed by atoms with Gasteiger partial charge in [-0.1, -0.05) is 40.7 Å². The number of rotatable bonds is 7. The predicted molar refractivity (Wildman–Crippen MR) is 130 cm³/mol. The zero-order chi connectivity index (χ0) is 27.0. The van der Waals surface area contributed by atoms with Crippen LogP contribution in [0.4, 0.5) is 5.69 Å². The first-order valence-corrected chi connectivity index (χ1v) is 11.8. The smallest absolute Gasteiger partial charge is 0.311 e. The highest BCUT2D eigenvalue weighted by atomic mass is 16.7. The second-order valence-electron chi connectivity index (χ2n) is 11.1. The molecule has 6 atom stereocenters. The van der Waals surface area contributed by atoms with Crippen LogP contribution in [0.5, 0.6) is 5.75 Å². The van der Waals surface area contributed by atoms with E-state index in [0.717, 1.165) is 0 Å². The van der Waals surface area contributed by atoms with Crippen molar-refractivity contribution in [3.05, 3.63) is 39.4 Å². The van der Waals surface area contributed by atoms with Crippen LogP contribution in [0, 0.1) is 20.9 Å². The largest absolute Gasteiger partial charge is 0.486 e. The van der Waals surface area contributed by atoms with E-state index in [2.05, 4.69) is 26.1 Å². The molecule has 11 heteroatoms. The SMILES string of the molecule is C/C(=C\c1ccc(OCC(C)(C)C(C)(C)C)c([N+](=O)[O-])c1)C(=O)NC1[C@@H](O)[C@@H]2OCO[C@@H]2[C@H](O)[C@H]1O. The van der Waals surface area contributed by atoms with Crippen molar-refractivity contribution in [2.45, 2.75) is 78.1 Å². The summed E-state index contributed by atoms with van der Waals surface area (Å²) in [6.45, 7) is 11.9. The van der Waals surface area contributed by atoms with Crippen LogP contribution in [0.2, 0.25) is 0 Å². The second-order valence-corrected chi connectivity index (χ2v) is 11.1. The van der Waals surface area contributed by atoms with Crippen molar-refractivity contribution < 1.29 is 39.2 Å². The molecule has 2 fully saturated rings. The third kappa shape index (κ3) is 5.70. The van der Waals surface area contributed by atoms with Crippen molar-refractivity contribution in [2.24, 2.45) is 10.8 Å². The Kier molecular flexibility index (Phi) is 8.11. The molecule has 3 rings (SSSR count). The van der Waals surface area contributed by atoms with Gasteiger partial charge in [0.15, 0.2) is 5.75 Å². The van der Waals surface area contributed by atoms with E-state index < -0.39 is 47.4 Å². The molecular weight excluding hydrogens is 472 g/mol. The maximum absolute atomic E-state index is 12.8. The van der Waals surface area contributed by atoms with Gasteiger partial charge in [0.1, 0.15) is 37.3 Å². The molecule has 36 heavy (non-hydrogen) atoms. The summed E-state index contributed by atoms with van der Waals surface area (Å²) in [7, 11) is 0. The summed E-state index contributed by atoms with van der Waals surface area (Å²) < 4.78 is 16.3. The number of nitrogens with zero attached hydrogens (tertiary/aromatic N) is 1. The Balaban J connectivity index is 1.74. The number of hydrogen-bond acceptors (Lipinski definition) is 9. The Morgan fingerprint density at radius 2 is 1.75 bits per heavy atom. The topological polar surface area (TPSA) is 161 Å². The molecule has 1 heterocycles. The van der Waals surface area contributed by atoms with E-state index in [4.69, 9.17) is 14.2 Å². The van der Waals surface area contributed by atoms with Crippen molar-refractivity contribution >= 4 is 17.7 Å². The highest BCUT2D eigenvalue weighted by Gasteiger charge is 2.53. The Hall–Kier alpha value is -2.57. The molecule has 11 nitrogen and oxygen atoms in total. The fourth-order valence-electron chi connectivity index (χ4n) is 3.90. The average molecular weight is 509 g/mol. The zero-order valence-corrected chi connectivity index (χ0v) is 21.4. The molecule has 2 aliphatic rings. The highest BCUT2D eigenvalue weighted by Crippen LogP contribution is 2.39. The zero-order valence-electron chi connectivity index (χ0n) is 21.4. The molecule has 1 aliphatic carbocycles. The summed E-state index contributed by atoms with van der Waals surface area (Å²) in [6, 6.07) is 3.22. The first-order valence-electron chi connectivity index (χ1n) is 11.8. The summed E-state index contributed by atoms with van der Waals surface area (Å²) >= 11 is 0. The van der Waals surface area contributed by atoms with Crippen molar-refractivity contribution in [2.75, 3.05) is 13.4 Å². The van der Waals surface area contributed by atoms with E-state index in [1.807, 2.05) is 13.8 Å². The van der Waals surface area contributed by atoms with Crippen molar-refractivity contribution in [3.8, 4) is 5.75 Å². The van der Waals surface area contributed by atoms with Gasteiger partial charge in [0, 0.05) is 17.1 Å². The van der Waals surface area contributed by atoms with E-state index in [1.54, 1.807) is 6.07 Å². The first kappa shape index (κ1) is 28.0. The van der Waals surface area contributed by atoms with Crippen LogP contribution in [0.3, 0.4) is 0 Å². The first-order chi connectivity index (χ1) is 16.6. The van der Waals surface area contributed by atoms with Gasteiger partial charge in [-0.3, -0.25) is 14.9 Å². The molecule has 0 spiro atoms. The number of nitro groups is 1. The van der Waals surface area contributed by atoms with Crippen LogP contribution < -0.4 is 10.1 Å². The summed E-state index contributed by atoms with van der Waals surface area (Å²) in [5.74, 6) is -0.495. The lowest BCUT2D eigenvalue weighted by molar-refractivity contribution is -0.386. The Morgan fingerprint density at radius 1 is 1.14 bits per heavy atom. The van der Waals surface area contributed by atoms with Crippen molar-refractivity contribution in [3.63, 3.8) is 0 Å². The Bertz CT molecular complexity index is 1020. The Morgan fingerprint density at radius 3 is 2.33 bits per heavy atom. The molecule has 0 bridgehead atoms. The molecule has 4 N–H and O–H groups in total. The monoisotopic (exact) mass is 508 g/mol. The molecule has 0 radical (unpaired) electrons. The van der Waals surface area contributed by atoms with Gasteiger partial charge in [0.25, 0.3) is 0 Å². The van der Waals surface area contributed by atoms with Crippen molar-refractivity contribution in [1.82, 2.24) is 5.32 Å². The third-order valence-corrected chi connectivity index (χ3v) is 7.44. The minimum absolute atomic E-state index is 0.0811. The van der Waals surface area contributed by atoms with E-state index in [0.29, 0.717) is 5.56 Å². The predicted octanol–water partition coefficient (Wildman–Crippen LogP) is 1.77. The van der Waals surface area contributed by atoms with Gasteiger partial charge in [-0.2, -0.15) is 0 Å². The van der Waals surface area contributed by atoms with Crippen LogP contribution in [0.15, 0.2) is 23.8 Å². The molecule has 1 unspecified atom stereocenters. The molecule has 1 aromatic rings. The van der Waals surface area contributed by atoms with Gasteiger partial charge in [-0.25, -0.2) is 0 Å². The number of benzene rings is 1. The lowest BCUT2D eigenvalue weighted by Gasteiger charge is -2.41. The van der Waals surface area contributed by atoms with E-state index in [1.165, 1.54) is 25.1 Å². The molecular formula is C25H36N2O9. The fourth-order valence-corrected chi connectivity index (χ4v) is 3.90. The van der Waals surface area contributed by atoms with Crippen LogP contribution in [-0.4, -0.2) is 76.1 Å². The second kappa shape index (κ2) is 10.4. The molecule has 1 saturated heterocycles. The van der Waals surface area contributed by atoms with Crippen molar-refractivity contribution in [1.29, 1.82) is 0 Å². The van der Waals surface area contributed by atoms with E-state index in [9.17, 15) is 30.2 Å². The third-order valence-electron chi connectivity index (χ3n) is 7.44. The lowest BCUT2D eigenvalue weighted by atomic mass is 9.70. The number of carbonyl (C=O) groups is 1. The van der Waals surface area contributed by atoms with Gasteiger partial charge in [0.05, 0.1) is 17.6 Å². The summed E-state index contributed by atoms with van der Waals surface area (Å²) in [5, 5.41) is 45.4. The molecule has 1 amide bonds. The average Bonchev–Trinajstić information content (AvgIpc) is 3.29. The maximum Gasteiger partial charge on any atom is 0.311 e. The van der Waals surface area contributed by atoms with Crippen LogP contribution in [0.25, 0.3) is 6.08 Å². The number of aliphatic hydroxyl groups excluding tert-OH is 3. The number of amides is 1. The van der Waals surface area contributed by atoms with E-state index >= 15 is 0 Å². The molecule has 1 aromatic carbocycles. The number of ether oxygens (including phenoxy) is 3. The van der Waals surface area contributed by atoms with Gasteiger partial charge in [0.2, 0.25) is 5.91 Å². The van der Waals surface area contributed by atoms with Gasteiger partial charge in [-0.15, -0.1) is 0 Å². The number of carbonyl (C=O) groups excluding carboxylic acids is 1. The minimum atomic E-state index is -1.48. The summed E-state index contributed by atoms with van der Waals surface area (Å²) in [6.07, 6.45) is -4.47. The molecule has 200 valence electrons. The number of fused-ring (bicyclic) bond motifs is 1. The quantitative estimate of drug-likeness (QED) is 0.244. The minimum Gasteiger partial charge on any atom is -0.486 e. The molecule has 1 aliphatic heterocycles. The summed E-state index contributed by atoms with van der Waals surface area (Å²) in [5.41, 5.74) is 0.0152. The maximum atomic E-state index is 12.8. The van der Waals surface area contributed by atoms with E-state index in [-0.39, 0.29) is 41.2 Å². The normalized spacial score (nSPS) is 29.0. The number of nitrogens with one attached hydrogen (secondary N) is 1. The fraction of sp³-hybridized carbons (Fsp3) is 0.640. The van der Waals surface area contributed by atoms with Gasteiger partial charge in [-0.05, 0) is 30.0 Å². The van der Waals surface area contributed by atoms with Crippen LogP contribution in [-0.2, 0) is 14.3 Å². The molecule has 1 saturated carbocycles.